The zero-order valence-corrected chi connectivity index (χ0v) is 14.1. The van der Waals surface area contributed by atoms with E-state index in [4.69, 9.17) is 4.74 Å². The van der Waals surface area contributed by atoms with Crippen LogP contribution in [0.25, 0.3) is 0 Å². The molecule has 0 radical (unpaired) electrons. The van der Waals surface area contributed by atoms with Crippen molar-refractivity contribution in [2.75, 3.05) is 13.7 Å². The average Bonchev–Trinajstić information content (AvgIpc) is 2.89. The van der Waals surface area contributed by atoms with Crippen molar-refractivity contribution in [2.45, 2.75) is 36.7 Å². The van der Waals surface area contributed by atoms with Crippen LogP contribution < -0.4 is 5.69 Å². The fourth-order valence-electron chi connectivity index (χ4n) is 2.14. The summed E-state index contributed by atoms with van der Waals surface area (Å²) in [7, 11) is 1.63. The summed E-state index contributed by atoms with van der Waals surface area (Å²) in [5, 5.41) is 16.1. The monoisotopic (exact) mass is 332 g/mol. The number of benzene rings is 1. The van der Waals surface area contributed by atoms with Crippen LogP contribution in [0.2, 0.25) is 0 Å². The van der Waals surface area contributed by atoms with Gasteiger partial charge in [-0.3, -0.25) is 4.57 Å². The van der Waals surface area contributed by atoms with Crippen molar-refractivity contribution in [3.8, 4) is 6.07 Å². The highest BCUT2D eigenvalue weighted by Gasteiger charge is 2.16. The van der Waals surface area contributed by atoms with E-state index in [0.29, 0.717) is 24.7 Å². The zero-order valence-electron chi connectivity index (χ0n) is 13.3. The minimum absolute atomic E-state index is 0.254. The number of aromatic amines is 1. The largest absolute Gasteiger partial charge is 0.385 e. The van der Waals surface area contributed by atoms with Gasteiger partial charge >= 0.3 is 5.69 Å². The second-order valence-corrected chi connectivity index (χ2v) is 6.40. The van der Waals surface area contributed by atoms with E-state index < -0.39 is 0 Å². The molecule has 0 bridgehead atoms. The van der Waals surface area contributed by atoms with Gasteiger partial charge in [0.15, 0.2) is 5.16 Å². The molecule has 1 heterocycles. The van der Waals surface area contributed by atoms with Crippen LogP contribution in [-0.4, -0.2) is 33.7 Å². The van der Waals surface area contributed by atoms with Gasteiger partial charge in [-0.1, -0.05) is 41.6 Å². The summed E-state index contributed by atoms with van der Waals surface area (Å²) in [6.07, 6.45) is 1.33. The molecule has 23 heavy (non-hydrogen) atoms. The van der Waals surface area contributed by atoms with Crippen molar-refractivity contribution in [1.29, 1.82) is 5.26 Å². The van der Waals surface area contributed by atoms with Crippen LogP contribution in [0.5, 0.6) is 0 Å². The normalized spacial score (nSPS) is 12.0. The molecule has 1 aromatic heterocycles. The number of methoxy groups -OCH3 is 1. The van der Waals surface area contributed by atoms with Gasteiger partial charge < -0.3 is 4.74 Å². The molecule has 7 heteroatoms. The molecule has 0 aliphatic carbocycles. The van der Waals surface area contributed by atoms with Crippen LogP contribution in [0.4, 0.5) is 0 Å². The molecule has 0 saturated carbocycles. The Kier molecular flexibility index (Phi) is 6.44. The lowest BCUT2D eigenvalue weighted by atomic mass is 10.1. The highest BCUT2D eigenvalue weighted by atomic mass is 32.2. The van der Waals surface area contributed by atoms with E-state index in [-0.39, 0.29) is 10.9 Å². The molecule has 1 aromatic carbocycles. The first kappa shape index (κ1) is 17.3. The number of thioether (sulfide) groups is 1. The maximum atomic E-state index is 11.8. The molecule has 0 amide bonds. The van der Waals surface area contributed by atoms with E-state index in [9.17, 15) is 10.1 Å². The summed E-state index contributed by atoms with van der Waals surface area (Å²) in [6.45, 7) is 3.13. The average molecular weight is 332 g/mol. The summed E-state index contributed by atoms with van der Waals surface area (Å²) in [6, 6.07) is 10.4. The Hall–Kier alpha value is -2.04. The minimum Gasteiger partial charge on any atom is -0.385 e. The maximum Gasteiger partial charge on any atom is 0.343 e. The molecule has 2 rings (SSSR count). The third-order valence-corrected chi connectivity index (χ3v) is 4.47. The predicted octanol–water partition coefficient (Wildman–Crippen LogP) is 2.14. The number of rotatable bonds is 8. The van der Waals surface area contributed by atoms with Crippen LogP contribution >= 0.6 is 11.8 Å². The number of ether oxygens (including phenoxy) is 1. The van der Waals surface area contributed by atoms with E-state index in [1.807, 2.05) is 31.2 Å². The molecule has 0 aliphatic heterocycles. The second-order valence-electron chi connectivity index (χ2n) is 5.23. The van der Waals surface area contributed by atoms with Gasteiger partial charge in [-0.15, -0.1) is 5.10 Å². The highest BCUT2D eigenvalue weighted by Crippen LogP contribution is 2.23. The maximum absolute atomic E-state index is 11.8. The number of aromatic nitrogens is 3. The molecule has 0 aliphatic rings. The van der Waals surface area contributed by atoms with E-state index >= 15 is 0 Å². The number of aryl methyl sites for hydroxylation is 1. The Bertz CT molecular complexity index is 715. The number of hydrogen-bond acceptors (Lipinski definition) is 5. The number of hydrogen-bond donors (Lipinski definition) is 1. The first-order chi connectivity index (χ1) is 11.1. The molecular formula is C16H20N4O2S. The van der Waals surface area contributed by atoms with E-state index in [1.165, 1.54) is 17.3 Å². The van der Waals surface area contributed by atoms with Crippen molar-refractivity contribution in [3.63, 3.8) is 0 Å². The van der Waals surface area contributed by atoms with E-state index in [1.54, 1.807) is 11.7 Å². The standard InChI is InChI=1S/C16H20N4O2S/c1-12-4-6-13(7-5-12)10-14(11-17)23-16-19-18-15(21)20(16)8-3-9-22-2/h4-7,14H,3,8-10H2,1-2H3,(H,18,21)/t14-/m1/s1. The van der Waals surface area contributed by atoms with E-state index in [2.05, 4.69) is 16.3 Å². The molecule has 2 aromatic rings. The third kappa shape index (κ3) is 4.98. The molecule has 122 valence electrons. The Balaban J connectivity index is 2.05. The fourth-order valence-corrected chi connectivity index (χ4v) is 3.12. The van der Waals surface area contributed by atoms with Gasteiger partial charge in [0.1, 0.15) is 5.25 Å². The van der Waals surface area contributed by atoms with Crippen molar-refractivity contribution < 1.29 is 4.74 Å². The molecule has 0 unspecified atom stereocenters. The van der Waals surface area contributed by atoms with Gasteiger partial charge in [-0.25, -0.2) is 9.89 Å². The lowest BCUT2D eigenvalue weighted by Gasteiger charge is -2.10. The molecular weight excluding hydrogens is 312 g/mol. The van der Waals surface area contributed by atoms with Crippen molar-refractivity contribution in [2.24, 2.45) is 0 Å². The van der Waals surface area contributed by atoms with Gasteiger partial charge in [0, 0.05) is 20.3 Å². The van der Waals surface area contributed by atoms with Crippen molar-refractivity contribution in [3.05, 3.63) is 45.9 Å². The zero-order chi connectivity index (χ0) is 16.7. The quantitative estimate of drug-likeness (QED) is 0.591. The van der Waals surface area contributed by atoms with Crippen LogP contribution in [-0.2, 0) is 17.7 Å². The van der Waals surface area contributed by atoms with Crippen LogP contribution in [0.15, 0.2) is 34.2 Å². The Morgan fingerprint density at radius 2 is 2.17 bits per heavy atom. The molecule has 0 saturated heterocycles. The summed E-state index contributed by atoms with van der Waals surface area (Å²) < 4.78 is 6.56. The topological polar surface area (TPSA) is 83.7 Å². The molecule has 1 N–H and O–H groups in total. The minimum atomic E-state index is -0.297. The second kappa shape index (κ2) is 8.56. The molecule has 0 spiro atoms. The fraction of sp³-hybridized carbons (Fsp3) is 0.438. The van der Waals surface area contributed by atoms with Gasteiger partial charge in [-0.05, 0) is 25.3 Å². The van der Waals surface area contributed by atoms with Gasteiger partial charge in [0.2, 0.25) is 0 Å². The van der Waals surface area contributed by atoms with Crippen molar-refractivity contribution in [1.82, 2.24) is 14.8 Å². The molecule has 0 fully saturated rings. The van der Waals surface area contributed by atoms with Crippen molar-refractivity contribution >= 4 is 11.8 Å². The SMILES string of the molecule is COCCCn1c(S[C@@H](C#N)Cc2ccc(C)cc2)n[nH]c1=O. The first-order valence-corrected chi connectivity index (χ1v) is 8.28. The number of nitriles is 1. The van der Waals surface area contributed by atoms with Gasteiger partial charge in [-0.2, -0.15) is 5.26 Å². The van der Waals surface area contributed by atoms with Crippen LogP contribution in [0, 0.1) is 18.3 Å². The number of nitrogens with one attached hydrogen (secondary N) is 1. The van der Waals surface area contributed by atoms with E-state index in [0.717, 1.165) is 12.0 Å². The van der Waals surface area contributed by atoms with Gasteiger partial charge in [0.25, 0.3) is 0 Å². The Morgan fingerprint density at radius 1 is 1.43 bits per heavy atom. The third-order valence-electron chi connectivity index (χ3n) is 3.39. The number of nitrogens with zero attached hydrogens (tertiary/aromatic N) is 3. The van der Waals surface area contributed by atoms with Crippen LogP contribution in [0.1, 0.15) is 17.5 Å². The summed E-state index contributed by atoms with van der Waals surface area (Å²) in [4.78, 5) is 11.8. The smallest absolute Gasteiger partial charge is 0.343 e. The molecule has 6 nitrogen and oxygen atoms in total. The summed E-state index contributed by atoms with van der Waals surface area (Å²) in [5.74, 6) is 0. The Morgan fingerprint density at radius 3 is 2.83 bits per heavy atom. The summed E-state index contributed by atoms with van der Waals surface area (Å²) in [5.41, 5.74) is 2.03. The lowest BCUT2D eigenvalue weighted by molar-refractivity contribution is 0.189. The van der Waals surface area contributed by atoms with Gasteiger partial charge in [0.05, 0.1) is 6.07 Å². The number of H-pyrrole nitrogens is 1. The highest BCUT2D eigenvalue weighted by molar-refractivity contribution is 8.00. The lowest BCUT2D eigenvalue weighted by Crippen LogP contribution is -2.19. The first-order valence-electron chi connectivity index (χ1n) is 7.40. The predicted molar refractivity (Wildman–Crippen MR) is 89.5 cm³/mol. The van der Waals surface area contributed by atoms with Crippen LogP contribution in [0.3, 0.4) is 0 Å². The molecule has 1 atom stereocenters. The Labute approximate surface area is 139 Å². The summed E-state index contributed by atoms with van der Waals surface area (Å²) >= 11 is 1.31.